The third kappa shape index (κ3) is 3.73. The second-order valence-corrected chi connectivity index (χ2v) is 7.42. The van der Waals surface area contributed by atoms with Crippen LogP contribution in [-0.2, 0) is 4.74 Å². The van der Waals surface area contributed by atoms with Gasteiger partial charge in [-0.1, -0.05) is 0 Å². The zero-order valence-corrected chi connectivity index (χ0v) is 15.4. The number of ether oxygens (including phenoxy) is 3. The predicted octanol–water partition coefficient (Wildman–Crippen LogP) is 2.08. The first-order valence-electron chi connectivity index (χ1n) is 9.31. The Balaban J connectivity index is 1.30. The van der Waals surface area contributed by atoms with Crippen molar-refractivity contribution in [2.24, 2.45) is 5.92 Å². The maximum atomic E-state index is 12.4. The molecule has 4 rings (SSSR count). The summed E-state index contributed by atoms with van der Waals surface area (Å²) in [6.45, 7) is 2.69. The van der Waals surface area contributed by atoms with Gasteiger partial charge in [-0.05, 0) is 37.3 Å². The molecule has 0 unspecified atom stereocenters. The van der Waals surface area contributed by atoms with Crippen molar-refractivity contribution in [3.63, 3.8) is 0 Å². The van der Waals surface area contributed by atoms with Gasteiger partial charge in [-0.2, -0.15) is 0 Å². The number of fused-ring (bicyclic) bond motifs is 1. The summed E-state index contributed by atoms with van der Waals surface area (Å²) in [5.74, 6) is 1.99. The van der Waals surface area contributed by atoms with E-state index in [4.69, 9.17) is 14.2 Å². The van der Waals surface area contributed by atoms with Gasteiger partial charge in [-0.25, -0.2) is 4.79 Å². The SMILES string of the molecule is COc1ccc(NC(=O)N[C@H]2C[C@H]3CO[C@@H](C4CC4)CN3C2)cc1OC. The largest absolute Gasteiger partial charge is 0.493 e. The van der Waals surface area contributed by atoms with E-state index in [1.165, 1.54) is 12.8 Å². The van der Waals surface area contributed by atoms with E-state index < -0.39 is 0 Å². The minimum absolute atomic E-state index is 0.154. The molecule has 2 N–H and O–H groups in total. The lowest BCUT2D eigenvalue weighted by Crippen LogP contribution is -2.47. The fourth-order valence-electron chi connectivity index (χ4n) is 4.02. The zero-order chi connectivity index (χ0) is 18.1. The molecular formula is C19H27N3O4. The van der Waals surface area contributed by atoms with Crippen LogP contribution in [0, 0.1) is 5.92 Å². The summed E-state index contributed by atoms with van der Waals surface area (Å²) >= 11 is 0. The highest BCUT2D eigenvalue weighted by molar-refractivity contribution is 5.89. The molecule has 3 atom stereocenters. The maximum Gasteiger partial charge on any atom is 0.319 e. The first-order valence-corrected chi connectivity index (χ1v) is 9.31. The van der Waals surface area contributed by atoms with E-state index in [1.807, 2.05) is 0 Å². The van der Waals surface area contributed by atoms with E-state index >= 15 is 0 Å². The number of urea groups is 1. The lowest BCUT2D eigenvalue weighted by Gasteiger charge is -2.35. The van der Waals surface area contributed by atoms with Gasteiger partial charge < -0.3 is 24.8 Å². The van der Waals surface area contributed by atoms with Crippen LogP contribution >= 0.6 is 0 Å². The molecule has 1 aromatic carbocycles. The lowest BCUT2D eigenvalue weighted by atomic mass is 10.1. The number of carbonyl (C=O) groups is 1. The quantitative estimate of drug-likeness (QED) is 0.840. The summed E-state index contributed by atoms with van der Waals surface area (Å²) in [5.41, 5.74) is 0.674. The topological polar surface area (TPSA) is 72.1 Å². The second kappa shape index (κ2) is 7.32. The van der Waals surface area contributed by atoms with Crippen LogP contribution in [0.2, 0.25) is 0 Å². The van der Waals surface area contributed by atoms with E-state index in [0.29, 0.717) is 29.3 Å². The van der Waals surface area contributed by atoms with Crippen molar-refractivity contribution in [2.75, 3.05) is 39.2 Å². The van der Waals surface area contributed by atoms with E-state index in [2.05, 4.69) is 15.5 Å². The number of nitrogens with zero attached hydrogens (tertiary/aromatic N) is 1. The molecule has 0 spiro atoms. The molecule has 0 bridgehead atoms. The first-order chi connectivity index (χ1) is 12.7. The van der Waals surface area contributed by atoms with Gasteiger partial charge in [0.1, 0.15) is 0 Å². The van der Waals surface area contributed by atoms with Crippen LogP contribution in [0.15, 0.2) is 18.2 Å². The van der Waals surface area contributed by atoms with E-state index in [1.54, 1.807) is 32.4 Å². The van der Waals surface area contributed by atoms with Crippen LogP contribution in [-0.4, -0.2) is 63.0 Å². The van der Waals surface area contributed by atoms with Gasteiger partial charge in [0.15, 0.2) is 11.5 Å². The molecule has 2 amide bonds. The molecule has 2 aliphatic heterocycles. The number of rotatable bonds is 5. The third-order valence-electron chi connectivity index (χ3n) is 5.57. The van der Waals surface area contributed by atoms with Gasteiger partial charge in [0.05, 0.1) is 26.9 Å². The van der Waals surface area contributed by atoms with Crippen LogP contribution in [0.25, 0.3) is 0 Å². The molecular weight excluding hydrogens is 334 g/mol. The Hall–Kier alpha value is -1.99. The summed E-state index contributed by atoms with van der Waals surface area (Å²) in [6.07, 6.45) is 3.94. The average Bonchev–Trinajstić information content (AvgIpc) is 3.41. The Kier molecular flexibility index (Phi) is 4.91. The molecule has 1 aliphatic carbocycles. The molecule has 7 heteroatoms. The summed E-state index contributed by atoms with van der Waals surface area (Å²) in [5, 5.41) is 5.97. The Morgan fingerprint density at radius 1 is 1.19 bits per heavy atom. The molecule has 142 valence electrons. The minimum Gasteiger partial charge on any atom is -0.493 e. The number of amides is 2. The standard InChI is InChI=1S/C19H27N3O4/c1-24-16-6-5-13(8-17(16)25-2)20-19(23)21-14-7-15-11-26-18(12-3-4-12)10-22(15)9-14/h5-6,8,12,14-15,18H,3-4,7,9-11H2,1-2H3,(H2,20,21,23)/t14-,15-,18+/m0/s1. The smallest absolute Gasteiger partial charge is 0.319 e. The van der Waals surface area contributed by atoms with Gasteiger partial charge in [-0.15, -0.1) is 0 Å². The van der Waals surface area contributed by atoms with Crippen molar-refractivity contribution < 1.29 is 19.0 Å². The number of hydrogen-bond donors (Lipinski definition) is 2. The Bertz CT molecular complexity index is 664. The second-order valence-electron chi connectivity index (χ2n) is 7.42. The van der Waals surface area contributed by atoms with Crippen molar-refractivity contribution in [2.45, 2.75) is 37.5 Å². The van der Waals surface area contributed by atoms with Crippen molar-refractivity contribution in [1.82, 2.24) is 10.2 Å². The summed E-state index contributed by atoms with van der Waals surface area (Å²) < 4.78 is 16.5. The third-order valence-corrected chi connectivity index (χ3v) is 5.57. The molecule has 1 aromatic rings. The van der Waals surface area contributed by atoms with Gasteiger partial charge in [-0.3, -0.25) is 4.90 Å². The summed E-state index contributed by atoms with van der Waals surface area (Å²) in [6, 6.07) is 5.72. The fourth-order valence-corrected chi connectivity index (χ4v) is 4.02. The van der Waals surface area contributed by atoms with Gasteiger partial charge in [0.2, 0.25) is 0 Å². The van der Waals surface area contributed by atoms with E-state index in [0.717, 1.165) is 32.0 Å². The first kappa shape index (κ1) is 17.4. The minimum atomic E-state index is -0.193. The normalized spacial score (nSPS) is 28.3. The van der Waals surface area contributed by atoms with Crippen LogP contribution < -0.4 is 20.1 Å². The average molecular weight is 361 g/mol. The zero-order valence-electron chi connectivity index (χ0n) is 15.4. The number of benzene rings is 1. The molecule has 1 saturated carbocycles. The highest BCUT2D eigenvalue weighted by Crippen LogP contribution is 2.38. The highest BCUT2D eigenvalue weighted by Gasteiger charge is 2.42. The number of nitrogens with one attached hydrogen (secondary N) is 2. The van der Waals surface area contributed by atoms with Crippen LogP contribution in [0.1, 0.15) is 19.3 Å². The number of anilines is 1. The number of hydrogen-bond acceptors (Lipinski definition) is 5. The summed E-state index contributed by atoms with van der Waals surface area (Å²) in [4.78, 5) is 14.8. The highest BCUT2D eigenvalue weighted by atomic mass is 16.5. The van der Waals surface area contributed by atoms with Crippen LogP contribution in [0.4, 0.5) is 10.5 Å². The van der Waals surface area contributed by atoms with Crippen molar-refractivity contribution >= 4 is 11.7 Å². The van der Waals surface area contributed by atoms with E-state index in [9.17, 15) is 4.79 Å². The number of carbonyl (C=O) groups excluding carboxylic acids is 1. The molecule has 3 fully saturated rings. The fraction of sp³-hybridized carbons (Fsp3) is 0.632. The molecule has 0 aromatic heterocycles. The van der Waals surface area contributed by atoms with Gasteiger partial charge in [0.25, 0.3) is 0 Å². The summed E-state index contributed by atoms with van der Waals surface area (Å²) in [7, 11) is 3.16. The molecule has 2 heterocycles. The van der Waals surface area contributed by atoms with Gasteiger partial charge in [0, 0.05) is 36.9 Å². The molecule has 2 saturated heterocycles. The van der Waals surface area contributed by atoms with Crippen LogP contribution in [0.5, 0.6) is 11.5 Å². The van der Waals surface area contributed by atoms with Crippen molar-refractivity contribution in [3.8, 4) is 11.5 Å². The maximum absolute atomic E-state index is 12.4. The molecule has 3 aliphatic rings. The Morgan fingerprint density at radius 2 is 2.00 bits per heavy atom. The van der Waals surface area contributed by atoms with Crippen molar-refractivity contribution in [3.05, 3.63) is 18.2 Å². The molecule has 26 heavy (non-hydrogen) atoms. The number of methoxy groups -OCH3 is 2. The Morgan fingerprint density at radius 3 is 2.73 bits per heavy atom. The van der Waals surface area contributed by atoms with Crippen molar-refractivity contribution in [1.29, 1.82) is 0 Å². The Labute approximate surface area is 154 Å². The monoisotopic (exact) mass is 361 g/mol. The predicted molar refractivity (Wildman–Crippen MR) is 97.9 cm³/mol. The lowest BCUT2D eigenvalue weighted by molar-refractivity contribution is -0.0581. The van der Waals surface area contributed by atoms with E-state index in [-0.39, 0.29) is 12.1 Å². The van der Waals surface area contributed by atoms with Crippen LogP contribution in [0.3, 0.4) is 0 Å². The number of morpholine rings is 1. The molecule has 0 radical (unpaired) electrons. The van der Waals surface area contributed by atoms with Gasteiger partial charge >= 0.3 is 6.03 Å². The molecule has 7 nitrogen and oxygen atoms in total.